The van der Waals surface area contributed by atoms with Crippen molar-refractivity contribution >= 4 is 28.5 Å². The van der Waals surface area contributed by atoms with Crippen molar-refractivity contribution in [3.8, 4) is 5.75 Å². The maximum absolute atomic E-state index is 13.0. The molecule has 0 saturated carbocycles. The van der Waals surface area contributed by atoms with Crippen LogP contribution in [0.5, 0.6) is 5.75 Å². The van der Waals surface area contributed by atoms with E-state index in [9.17, 15) is 4.39 Å². The second kappa shape index (κ2) is 4.08. The zero-order valence-electron chi connectivity index (χ0n) is 6.79. The van der Waals surface area contributed by atoms with Crippen molar-refractivity contribution in [1.82, 2.24) is 0 Å². The molecule has 3 nitrogen and oxygen atoms in total. The first-order valence-corrected chi connectivity index (χ1v) is 4.25. The monoisotopic (exact) mass is 248 g/mol. The van der Waals surface area contributed by atoms with Gasteiger partial charge in [0.05, 0.1) is 17.0 Å². The van der Waals surface area contributed by atoms with Crippen LogP contribution in [0.15, 0.2) is 16.6 Å². The second-order valence-corrected chi connectivity index (χ2v) is 3.20. The Balaban J connectivity index is 3.35. The fraction of sp³-hybridized carbons (Fsp3) is 0.143. The van der Waals surface area contributed by atoms with E-state index in [0.717, 1.165) is 6.07 Å². The van der Waals surface area contributed by atoms with E-state index in [1.807, 2.05) is 0 Å². The molecule has 6 heteroatoms. The summed E-state index contributed by atoms with van der Waals surface area (Å²) >= 11 is 3.10. The molecule has 0 saturated heterocycles. The predicted molar refractivity (Wildman–Crippen MR) is 50.5 cm³/mol. The van der Waals surface area contributed by atoms with Gasteiger partial charge >= 0.3 is 7.12 Å². The predicted octanol–water partition coefficient (Wildman–Crippen LogP) is 0.277. The van der Waals surface area contributed by atoms with Crippen molar-refractivity contribution < 1.29 is 19.2 Å². The highest BCUT2D eigenvalue weighted by atomic mass is 79.9. The van der Waals surface area contributed by atoms with E-state index < -0.39 is 12.9 Å². The van der Waals surface area contributed by atoms with Gasteiger partial charge in [0.2, 0.25) is 0 Å². The van der Waals surface area contributed by atoms with Crippen LogP contribution in [0.3, 0.4) is 0 Å². The molecule has 0 aliphatic carbocycles. The molecule has 0 atom stereocenters. The summed E-state index contributed by atoms with van der Waals surface area (Å²) in [5.74, 6) is -0.620. The summed E-state index contributed by atoms with van der Waals surface area (Å²) in [5.41, 5.74) is -0.267. The number of halogens is 2. The van der Waals surface area contributed by atoms with Crippen LogP contribution < -0.4 is 10.2 Å². The minimum Gasteiger partial charge on any atom is -0.496 e. The lowest BCUT2D eigenvalue weighted by Crippen LogP contribution is -2.34. The summed E-state index contributed by atoms with van der Waals surface area (Å²) in [4.78, 5) is 0. The van der Waals surface area contributed by atoms with Crippen LogP contribution in [0.25, 0.3) is 0 Å². The highest BCUT2D eigenvalue weighted by molar-refractivity contribution is 9.10. The van der Waals surface area contributed by atoms with E-state index in [1.54, 1.807) is 0 Å². The molecule has 0 bridgehead atoms. The third kappa shape index (κ3) is 2.01. The van der Waals surface area contributed by atoms with Crippen molar-refractivity contribution in [3.05, 3.63) is 22.4 Å². The van der Waals surface area contributed by atoms with E-state index in [2.05, 4.69) is 15.9 Å². The van der Waals surface area contributed by atoms with Gasteiger partial charge in [-0.05, 0) is 28.1 Å². The lowest BCUT2D eigenvalue weighted by atomic mass is 9.79. The molecular weight excluding hydrogens is 242 g/mol. The standard InChI is InChI=1S/C7H7BBrFO3/c1-13-7-4(9)2-3-5(10)6(7)8(11)12/h2-3,11-12H,1H3. The fourth-order valence-corrected chi connectivity index (χ4v) is 1.50. The largest absolute Gasteiger partial charge is 0.496 e. The molecule has 1 rings (SSSR count). The first-order valence-electron chi connectivity index (χ1n) is 3.46. The first kappa shape index (κ1) is 10.5. The van der Waals surface area contributed by atoms with Gasteiger partial charge in [-0.15, -0.1) is 0 Å². The molecule has 0 aliphatic rings. The summed E-state index contributed by atoms with van der Waals surface area (Å²) in [7, 11) is -0.557. The molecule has 1 aromatic carbocycles. The van der Waals surface area contributed by atoms with Crippen molar-refractivity contribution in [2.75, 3.05) is 7.11 Å². The third-order valence-corrected chi connectivity index (χ3v) is 2.18. The zero-order chi connectivity index (χ0) is 10.0. The smallest absolute Gasteiger partial charge is 0.495 e. The molecule has 0 radical (unpaired) electrons. The summed E-state index contributed by atoms with van der Waals surface area (Å²) in [5, 5.41) is 17.7. The quantitative estimate of drug-likeness (QED) is 0.740. The molecule has 0 aromatic heterocycles. The Morgan fingerprint density at radius 1 is 1.46 bits per heavy atom. The average molecular weight is 249 g/mol. The summed E-state index contributed by atoms with van der Waals surface area (Å²) in [6.45, 7) is 0. The number of benzene rings is 1. The Labute approximate surface area is 83.4 Å². The third-order valence-electron chi connectivity index (χ3n) is 1.56. The Morgan fingerprint density at radius 3 is 2.46 bits per heavy atom. The topological polar surface area (TPSA) is 49.7 Å². The number of hydrogen-bond acceptors (Lipinski definition) is 3. The van der Waals surface area contributed by atoms with Crippen LogP contribution >= 0.6 is 15.9 Å². The SMILES string of the molecule is COc1c(Br)ccc(F)c1B(O)O. The Hall–Kier alpha value is -0.585. The summed E-state index contributed by atoms with van der Waals surface area (Å²) in [6.07, 6.45) is 0. The summed E-state index contributed by atoms with van der Waals surface area (Å²) < 4.78 is 18.3. The van der Waals surface area contributed by atoms with Gasteiger partial charge in [-0.1, -0.05) is 0 Å². The van der Waals surface area contributed by atoms with Gasteiger partial charge in [0.25, 0.3) is 0 Å². The zero-order valence-corrected chi connectivity index (χ0v) is 8.38. The minimum atomic E-state index is -1.88. The molecule has 0 aliphatic heterocycles. The average Bonchev–Trinajstić information content (AvgIpc) is 2.07. The van der Waals surface area contributed by atoms with E-state index in [-0.39, 0.29) is 11.2 Å². The van der Waals surface area contributed by atoms with E-state index in [1.165, 1.54) is 13.2 Å². The van der Waals surface area contributed by atoms with Crippen LogP contribution in [-0.2, 0) is 0 Å². The van der Waals surface area contributed by atoms with Crippen LogP contribution in [0, 0.1) is 5.82 Å². The van der Waals surface area contributed by atoms with Crippen LogP contribution in [0.1, 0.15) is 0 Å². The fourth-order valence-electron chi connectivity index (χ4n) is 0.997. The van der Waals surface area contributed by atoms with Crippen molar-refractivity contribution in [2.45, 2.75) is 0 Å². The lowest BCUT2D eigenvalue weighted by molar-refractivity contribution is 0.397. The molecule has 0 heterocycles. The van der Waals surface area contributed by atoms with Crippen molar-refractivity contribution in [2.24, 2.45) is 0 Å². The minimum absolute atomic E-state index is 0.0926. The maximum Gasteiger partial charge on any atom is 0.495 e. The van der Waals surface area contributed by atoms with Gasteiger partial charge in [-0.2, -0.15) is 0 Å². The maximum atomic E-state index is 13.0. The van der Waals surface area contributed by atoms with Crippen LogP contribution in [-0.4, -0.2) is 24.3 Å². The van der Waals surface area contributed by atoms with E-state index in [4.69, 9.17) is 14.8 Å². The molecule has 0 spiro atoms. The molecule has 70 valence electrons. The number of ether oxygens (including phenoxy) is 1. The molecule has 0 amide bonds. The molecule has 2 N–H and O–H groups in total. The molecule has 1 aromatic rings. The van der Waals surface area contributed by atoms with Gasteiger partial charge in [-0.3, -0.25) is 0 Å². The number of hydrogen-bond donors (Lipinski definition) is 2. The number of rotatable bonds is 2. The van der Waals surface area contributed by atoms with Gasteiger partial charge in [0.15, 0.2) is 0 Å². The first-order chi connectivity index (χ1) is 6.07. The van der Waals surface area contributed by atoms with Crippen LogP contribution in [0.4, 0.5) is 4.39 Å². The van der Waals surface area contributed by atoms with E-state index in [0.29, 0.717) is 4.47 Å². The highest BCUT2D eigenvalue weighted by Gasteiger charge is 2.23. The normalized spacial score (nSPS) is 9.92. The molecular formula is C7H7BBrFO3. The van der Waals surface area contributed by atoms with Crippen molar-refractivity contribution in [3.63, 3.8) is 0 Å². The van der Waals surface area contributed by atoms with Gasteiger partial charge < -0.3 is 14.8 Å². The number of methoxy groups -OCH3 is 1. The Bertz CT molecular complexity index is 319. The van der Waals surface area contributed by atoms with Gasteiger partial charge in [0.1, 0.15) is 11.6 Å². The second-order valence-electron chi connectivity index (χ2n) is 2.35. The lowest BCUT2D eigenvalue weighted by Gasteiger charge is -2.10. The van der Waals surface area contributed by atoms with Crippen LogP contribution in [0.2, 0.25) is 0 Å². The Morgan fingerprint density at radius 2 is 2.08 bits per heavy atom. The Kier molecular flexibility index (Phi) is 3.30. The van der Waals surface area contributed by atoms with Gasteiger partial charge in [-0.25, -0.2) is 4.39 Å². The van der Waals surface area contributed by atoms with Gasteiger partial charge in [0, 0.05) is 0 Å². The highest BCUT2D eigenvalue weighted by Crippen LogP contribution is 2.23. The molecule has 0 fully saturated rings. The molecule has 13 heavy (non-hydrogen) atoms. The molecule has 0 unspecified atom stereocenters. The van der Waals surface area contributed by atoms with E-state index >= 15 is 0 Å². The van der Waals surface area contributed by atoms with Crippen molar-refractivity contribution in [1.29, 1.82) is 0 Å². The summed E-state index contributed by atoms with van der Waals surface area (Å²) in [6, 6.07) is 2.56.